The van der Waals surface area contributed by atoms with E-state index in [-0.39, 0.29) is 0 Å². The fraction of sp³-hybridized carbons (Fsp3) is 0.143. The van der Waals surface area contributed by atoms with Crippen LogP contribution in [0.2, 0.25) is 0 Å². The van der Waals surface area contributed by atoms with Gasteiger partial charge in [-0.25, -0.2) is 0 Å². The van der Waals surface area contributed by atoms with E-state index in [4.69, 9.17) is 0 Å². The van der Waals surface area contributed by atoms with E-state index >= 15 is 0 Å². The molecular weight excluding hydrogens is 295 g/mol. The Hall–Kier alpha value is -0.830. The zero-order valence-electron chi connectivity index (χ0n) is 8.23. The van der Waals surface area contributed by atoms with Crippen molar-refractivity contribution < 1.29 is 0 Å². The normalized spacial score (nSPS) is 26.9. The molecule has 0 spiro atoms. The van der Waals surface area contributed by atoms with Crippen molar-refractivity contribution in [2.75, 3.05) is 0 Å². The van der Waals surface area contributed by atoms with Crippen molar-refractivity contribution in [2.24, 2.45) is 5.92 Å². The first-order chi connectivity index (χ1) is 7.36. The molecule has 0 nitrogen and oxygen atoms in total. The van der Waals surface area contributed by atoms with Crippen LogP contribution < -0.4 is 0 Å². The van der Waals surface area contributed by atoms with Crippen molar-refractivity contribution in [3.8, 4) is 0 Å². The Labute approximate surface area is 104 Å². The summed E-state index contributed by atoms with van der Waals surface area (Å²) in [5.74, 6) is 1.10. The van der Waals surface area contributed by atoms with Gasteiger partial charge in [0.2, 0.25) is 0 Å². The summed E-state index contributed by atoms with van der Waals surface area (Å²) < 4.78 is 1.38. The van der Waals surface area contributed by atoms with Gasteiger partial charge in [0.15, 0.2) is 0 Å². The highest BCUT2D eigenvalue weighted by molar-refractivity contribution is 14.1. The first kappa shape index (κ1) is 9.40. The Kier molecular flexibility index (Phi) is 2.28. The molecule has 74 valence electrons. The van der Waals surface area contributed by atoms with E-state index in [0.717, 1.165) is 0 Å². The van der Waals surface area contributed by atoms with Crippen LogP contribution in [0.3, 0.4) is 0 Å². The molecule has 0 heterocycles. The van der Waals surface area contributed by atoms with Gasteiger partial charge in [0.05, 0.1) is 0 Å². The Morgan fingerprint density at radius 1 is 1.00 bits per heavy atom. The minimum absolute atomic E-state index is 0.546. The van der Waals surface area contributed by atoms with Crippen molar-refractivity contribution >= 4 is 26.2 Å². The number of hydrogen-bond donors (Lipinski definition) is 0. The molecule has 2 aliphatic rings. The lowest BCUT2D eigenvalue weighted by molar-refractivity contribution is 0.692. The molecule has 1 aromatic carbocycles. The second-order valence-corrected chi connectivity index (χ2v) is 5.14. The van der Waals surface area contributed by atoms with Crippen LogP contribution in [0.5, 0.6) is 0 Å². The first-order valence-corrected chi connectivity index (χ1v) is 6.26. The van der Waals surface area contributed by atoms with Crippen LogP contribution in [0, 0.1) is 5.92 Å². The molecule has 0 bridgehead atoms. The summed E-state index contributed by atoms with van der Waals surface area (Å²) in [4.78, 5) is 0. The average Bonchev–Trinajstić information content (AvgIpc) is 2.30. The lowest BCUT2D eigenvalue weighted by Gasteiger charge is -2.28. The molecule has 0 amide bonds. The quantitative estimate of drug-likeness (QED) is 0.627. The third-order valence-corrected chi connectivity index (χ3v) is 4.03. The van der Waals surface area contributed by atoms with Crippen molar-refractivity contribution in [2.45, 2.75) is 5.92 Å². The summed E-state index contributed by atoms with van der Waals surface area (Å²) in [5, 5.41) is 0. The van der Waals surface area contributed by atoms with E-state index in [1.165, 1.54) is 14.7 Å². The summed E-state index contributed by atoms with van der Waals surface area (Å²) in [7, 11) is 0. The molecule has 0 aliphatic heterocycles. The van der Waals surface area contributed by atoms with Crippen molar-refractivity contribution in [1.29, 1.82) is 0 Å². The molecule has 15 heavy (non-hydrogen) atoms. The van der Waals surface area contributed by atoms with E-state index in [1.54, 1.807) is 0 Å². The summed E-state index contributed by atoms with van der Waals surface area (Å²) in [6.45, 7) is 0. The van der Waals surface area contributed by atoms with E-state index < -0.39 is 0 Å². The van der Waals surface area contributed by atoms with Crippen LogP contribution in [0.4, 0.5) is 0 Å². The van der Waals surface area contributed by atoms with Crippen LogP contribution in [-0.4, -0.2) is 0 Å². The zero-order chi connectivity index (χ0) is 10.3. The Morgan fingerprint density at radius 3 is 2.73 bits per heavy atom. The molecule has 2 aliphatic carbocycles. The maximum Gasteiger partial charge on any atom is 0.0172 e. The van der Waals surface area contributed by atoms with Crippen molar-refractivity contribution in [3.05, 3.63) is 65.8 Å². The highest BCUT2D eigenvalue weighted by Gasteiger charge is 2.25. The molecule has 2 unspecified atom stereocenters. The van der Waals surface area contributed by atoms with E-state index in [0.29, 0.717) is 11.8 Å². The topological polar surface area (TPSA) is 0 Å². The molecule has 1 aromatic rings. The van der Waals surface area contributed by atoms with Gasteiger partial charge < -0.3 is 0 Å². The Bertz CT molecular complexity index is 480. The van der Waals surface area contributed by atoms with Gasteiger partial charge in [-0.2, -0.15) is 0 Å². The minimum atomic E-state index is 0.546. The van der Waals surface area contributed by atoms with Gasteiger partial charge in [-0.1, -0.05) is 54.6 Å². The van der Waals surface area contributed by atoms with Crippen LogP contribution >= 0.6 is 22.6 Å². The minimum Gasteiger partial charge on any atom is -0.0767 e. The molecule has 0 aromatic heterocycles. The average molecular weight is 306 g/mol. The van der Waals surface area contributed by atoms with Crippen LogP contribution in [0.1, 0.15) is 17.0 Å². The molecule has 0 saturated carbocycles. The Balaban J connectivity index is 2.20. The summed E-state index contributed by atoms with van der Waals surface area (Å²) in [6.07, 6.45) is 11.3. The van der Waals surface area contributed by atoms with Crippen molar-refractivity contribution in [1.82, 2.24) is 0 Å². The van der Waals surface area contributed by atoms with E-state index in [9.17, 15) is 0 Å². The molecule has 2 atom stereocenters. The summed E-state index contributed by atoms with van der Waals surface area (Å²) >= 11 is 2.44. The van der Waals surface area contributed by atoms with Gasteiger partial charge in [0.25, 0.3) is 0 Å². The fourth-order valence-corrected chi connectivity index (χ4v) is 3.26. The van der Waals surface area contributed by atoms with Crippen LogP contribution in [-0.2, 0) is 0 Å². The Morgan fingerprint density at radius 2 is 1.80 bits per heavy atom. The van der Waals surface area contributed by atoms with Gasteiger partial charge in [-0.05, 0) is 33.7 Å². The molecule has 0 saturated heterocycles. The van der Waals surface area contributed by atoms with Gasteiger partial charge in [-0.15, -0.1) is 0 Å². The standard InChI is InChI=1S/C14H11I/c15-14-9-10-5-1-2-6-11(10)12-7-3-4-8-13(12)14/h1-11H. The van der Waals surface area contributed by atoms with Crippen LogP contribution in [0.25, 0.3) is 3.58 Å². The highest BCUT2D eigenvalue weighted by Crippen LogP contribution is 2.43. The number of benzene rings is 1. The molecule has 1 heteroatoms. The number of halogens is 1. The predicted octanol–water partition coefficient (Wildman–Crippen LogP) is 4.30. The number of hydrogen-bond acceptors (Lipinski definition) is 0. The highest BCUT2D eigenvalue weighted by atomic mass is 127. The first-order valence-electron chi connectivity index (χ1n) is 5.18. The maximum atomic E-state index is 2.44. The molecule has 0 radical (unpaired) electrons. The summed E-state index contributed by atoms with van der Waals surface area (Å²) in [5.41, 5.74) is 2.87. The second kappa shape index (κ2) is 3.63. The number of allylic oxidation sites excluding steroid dienone is 5. The van der Waals surface area contributed by atoms with Gasteiger partial charge in [-0.3, -0.25) is 0 Å². The molecule has 0 N–H and O–H groups in total. The van der Waals surface area contributed by atoms with E-state index in [2.05, 4.69) is 77.2 Å². The third-order valence-electron chi connectivity index (χ3n) is 3.09. The monoisotopic (exact) mass is 306 g/mol. The molecule has 3 rings (SSSR count). The zero-order valence-corrected chi connectivity index (χ0v) is 10.4. The molecule has 0 fully saturated rings. The third kappa shape index (κ3) is 1.49. The lowest BCUT2D eigenvalue weighted by atomic mass is 9.77. The largest absolute Gasteiger partial charge is 0.0767 e. The fourth-order valence-electron chi connectivity index (χ4n) is 2.36. The maximum absolute atomic E-state index is 2.44. The lowest BCUT2D eigenvalue weighted by Crippen LogP contribution is -2.14. The SMILES string of the molecule is IC1=CC2C=CC=CC2c2ccccc21. The van der Waals surface area contributed by atoms with Crippen LogP contribution in [0.15, 0.2) is 54.6 Å². The molecular formula is C14H11I. The number of fused-ring (bicyclic) bond motifs is 3. The van der Waals surface area contributed by atoms with E-state index in [1.807, 2.05) is 0 Å². The number of rotatable bonds is 0. The van der Waals surface area contributed by atoms with Crippen molar-refractivity contribution in [3.63, 3.8) is 0 Å². The van der Waals surface area contributed by atoms with Gasteiger partial charge >= 0.3 is 0 Å². The second-order valence-electron chi connectivity index (χ2n) is 3.97. The summed E-state index contributed by atoms with van der Waals surface area (Å²) in [6, 6.07) is 8.73. The smallest absolute Gasteiger partial charge is 0.0172 e. The predicted molar refractivity (Wildman–Crippen MR) is 73.0 cm³/mol. The van der Waals surface area contributed by atoms with Gasteiger partial charge in [0, 0.05) is 15.4 Å². The van der Waals surface area contributed by atoms with Gasteiger partial charge in [0.1, 0.15) is 0 Å².